The lowest BCUT2D eigenvalue weighted by molar-refractivity contribution is -0.384. The minimum absolute atomic E-state index is 0.0912. The van der Waals surface area contributed by atoms with Gasteiger partial charge in [0.2, 0.25) is 0 Å². The maximum atomic E-state index is 10.7. The molecule has 0 aliphatic heterocycles. The van der Waals surface area contributed by atoms with Crippen LogP contribution < -0.4 is 5.32 Å². The van der Waals surface area contributed by atoms with Gasteiger partial charge in [-0.05, 0) is 42.3 Å². The Bertz CT molecular complexity index is 662. The van der Waals surface area contributed by atoms with Crippen LogP contribution in [0.4, 0.5) is 11.4 Å². The first-order chi connectivity index (χ1) is 9.47. The van der Waals surface area contributed by atoms with Gasteiger partial charge >= 0.3 is 0 Å². The standard InChI is InChI=1S/C14H12BrClN2O2/c1-9-6-12(18(19)20)3-5-14(9)17-8-10-7-11(15)2-4-13(10)16/h2-7,17H,8H2,1H3. The second kappa shape index (κ2) is 6.24. The molecule has 0 aliphatic carbocycles. The normalized spacial score (nSPS) is 10.3. The van der Waals surface area contributed by atoms with Crippen LogP contribution in [0.1, 0.15) is 11.1 Å². The fraction of sp³-hybridized carbons (Fsp3) is 0.143. The van der Waals surface area contributed by atoms with Gasteiger partial charge in [0.1, 0.15) is 0 Å². The van der Waals surface area contributed by atoms with Gasteiger partial charge in [0, 0.05) is 33.9 Å². The zero-order valence-corrected chi connectivity index (χ0v) is 13.0. The van der Waals surface area contributed by atoms with Gasteiger partial charge in [-0.25, -0.2) is 0 Å². The molecule has 2 aromatic rings. The van der Waals surface area contributed by atoms with Crippen LogP contribution in [0, 0.1) is 17.0 Å². The van der Waals surface area contributed by atoms with Gasteiger partial charge in [0.05, 0.1) is 4.92 Å². The lowest BCUT2D eigenvalue weighted by Crippen LogP contribution is -2.02. The quantitative estimate of drug-likeness (QED) is 0.625. The van der Waals surface area contributed by atoms with E-state index in [9.17, 15) is 10.1 Å². The van der Waals surface area contributed by atoms with Crippen molar-refractivity contribution in [3.63, 3.8) is 0 Å². The van der Waals surface area contributed by atoms with Crippen LogP contribution in [0.2, 0.25) is 5.02 Å². The summed E-state index contributed by atoms with van der Waals surface area (Å²) in [5.41, 5.74) is 2.73. The van der Waals surface area contributed by atoms with Crippen LogP contribution >= 0.6 is 27.5 Å². The van der Waals surface area contributed by atoms with Crippen LogP contribution in [0.5, 0.6) is 0 Å². The van der Waals surface area contributed by atoms with E-state index in [2.05, 4.69) is 21.2 Å². The molecule has 0 radical (unpaired) electrons. The maximum absolute atomic E-state index is 10.7. The van der Waals surface area contributed by atoms with Crippen molar-refractivity contribution in [3.05, 3.63) is 67.1 Å². The number of rotatable bonds is 4. The fourth-order valence-electron chi connectivity index (χ4n) is 1.83. The van der Waals surface area contributed by atoms with Gasteiger partial charge in [-0.2, -0.15) is 0 Å². The Hall–Kier alpha value is -1.59. The number of aryl methyl sites for hydroxylation is 1. The van der Waals surface area contributed by atoms with E-state index in [-0.39, 0.29) is 5.69 Å². The summed E-state index contributed by atoms with van der Waals surface area (Å²) in [6, 6.07) is 10.4. The largest absolute Gasteiger partial charge is 0.381 e. The highest BCUT2D eigenvalue weighted by Gasteiger charge is 2.08. The summed E-state index contributed by atoms with van der Waals surface area (Å²) >= 11 is 9.52. The van der Waals surface area contributed by atoms with Gasteiger partial charge in [-0.1, -0.05) is 27.5 Å². The molecule has 0 aromatic heterocycles. The first-order valence-corrected chi connectivity index (χ1v) is 7.07. The summed E-state index contributed by atoms with van der Waals surface area (Å²) in [7, 11) is 0. The smallest absolute Gasteiger partial charge is 0.269 e. The Balaban J connectivity index is 2.15. The molecular formula is C14H12BrClN2O2. The minimum Gasteiger partial charge on any atom is -0.381 e. The summed E-state index contributed by atoms with van der Waals surface area (Å²) in [5, 5.41) is 14.6. The molecule has 0 unspecified atom stereocenters. The second-order valence-electron chi connectivity index (χ2n) is 4.35. The van der Waals surface area contributed by atoms with Crippen molar-refractivity contribution in [2.24, 2.45) is 0 Å². The Kier molecular flexibility index (Phi) is 4.62. The summed E-state index contributed by atoms with van der Waals surface area (Å²) in [6.45, 7) is 2.38. The molecule has 6 heteroatoms. The number of halogens is 2. The first-order valence-electron chi connectivity index (χ1n) is 5.90. The monoisotopic (exact) mass is 354 g/mol. The van der Waals surface area contributed by atoms with Gasteiger partial charge in [0.15, 0.2) is 0 Å². The fourth-order valence-corrected chi connectivity index (χ4v) is 2.42. The summed E-state index contributed by atoms with van der Waals surface area (Å²) in [5.74, 6) is 0. The molecule has 1 N–H and O–H groups in total. The number of anilines is 1. The SMILES string of the molecule is Cc1cc([N+](=O)[O-])ccc1NCc1cc(Br)ccc1Cl. The van der Waals surface area contributed by atoms with Gasteiger partial charge in [-0.3, -0.25) is 10.1 Å². The number of nitro benzene ring substituents is 1. The molecule has 4 nitrogen and oxygen atoms in total. The maximum Gasteiger partial charge on any atom is 0.269 e. The van der Waals surface area contributed by atoms with Gasteiger partial charge in [-0.15, -0.1) is 0 Å². The van der Waals surface area contributed by atoms with Crippen LogP contribution in [0.15, 0.2) is 40.9 Å². The van der Waals surface area contributed by atoms with Crippen LogP contribution in [-0.4, -0.2) is 4.92 Å². The van der Waals surface area contributed by atoms with Crippen LogP contribution in [0.3, 0.4) is 0 Å². The Morgan fingerprint density at radius 2 is 2.05 bits per heavy atom. The molecule has 0 heterocycles. The third-order valence-corrected chi connectivity index (χ3v) is 3.76. The van der Waals surface area contributed by atoms with E-state index in [1.807, 2.05) is 25.1 Å². The van der Waals surface area contributed by atoms with E-state index < -0.39 is 4.92 Å². The van der Waals surface area contributed by atoms with Crippen molar-refractivity contribution >= 4 is 38.9 Å². The number of nitrogens with one attached hydrogen (secondary N) is 1. The number of benzene rings is 2. The molecule has 0 fully saturated rings. The second-order valence-corrected chi connectivity index (χ2v) is 5.67. The number of hydrogen-bond acceptors (Lipinski definition) is 3. The summed E-state index contributed by atoms with van der Waals surface area (Å²) < 4.78 is 0.958. The molecule has 20 heavy (non-hydrogen) atoms. The average molecular weight is 356 g/mol. The van der Waals surface area contributed by atoms with Gasteiger partial charge < -0.3 is 5.32 Å². The Morgan fingerprint density at radius 1 is 1.30 bits per heavy atom. The predicted octanol–water partition coefficient (Wildman–Crippen LogP) is 4.93. The molecule has 0 saturated carbocycles. The van der Waals surface area contributed by atoms with E-state index in [1.54, 1.807) is 12.1 Å². The predicted molar refractivity (Wildman–Crippen MR) is 84.3 cm³/mol. The van der Waals surface area contributed by atoms with E-state index >= 15 is 0 Å². The topological polar surface area (TPSA) is 55.2 Å². The van der Waals surface area contributed by atoms with Crippen molar-refractivity contribution in [2.75, 3.05) is 5.32 Å². The number of non-ortho nitro benzene ring substituents is 1. The van der Waals surface area contributed by atoms with E-state index in [0.717, 1.165) is 21.3 Å². The molecule has 2 aromatic carbocycles. The average Bonchev–Trinajstić information content (AvgIpc) is 2.40. The summed E-state index contributed by atoms with van der Waals surface area (Å²) in [6.07, 6.45) is 0. The molecule has 2 rings (SSSR count). The third-order valence-electron chi connectivity index (χ3n) is 2.90. The molecule has 0 spiro atoms. The lowest BCUT2D eigenvalue weighted by Gasteiger charge is -2.11. The first kappa shape index (κ1) is 14.8. The van der Waals surface area contributed by atoms with Crippen molar-refractivity contribution in [1.82, 2.24) is 0 Å². The number of nitrogens with zero attached hydrogens (tertiary/aromatic N) is 1. The van der Waals surface area contributed by atoms with E-state index in [0.29, 0.717) is 11.6 Å². The number of nitro groups is 1. The molecule has 0 amide bonds. The highest BCUT2D eigenvalue weighted by molar-refractivity contribution is 9.10. The third kappa shape index (κ3) is 3.49. The molecular weight excluding hydrogens is 344 g/mol. The zero-order valence-electron chi connectivity index (χ0n) is 10.7. The van der Waals surface area contributed by atoms with E-state index in [4.69, 9.17) is 11.6 Å². The minimum atomic E-state index is -0.401. The van der Waals surface area contributed by atoms with E-state index in [1.165, 1.54) is 6.07 Å². The van der Waals surface area contributed by atoms with Crippen molar-refractivity contribution in [2.45, 2.75) is 13.5 Å². The summed E-state index contributed by atoms with van der Waals surface area (Å²) in [4.78, 5) is 10.3. The van der Waals surface area contributed by atoms with Crippen molar-refractivity contribution < 1.29 is 4.92 Å². The zero-order chi connectivity index (χ0) is 14.7. The molecule has 104 valence electrons. The van der Waals surface area contributed by atoms with Crippen molar-refractivity contribution in [1.29, 1.82) is 0 Å². The highest BCUT2D eigenvalue weighted by atomic mass is 79.9. The molecule has 0 bridgehead atoms. The van der Waals surface area contributed by atoms with Crippen LogP contribution in [0.25, 0.3) is 0 Å². The molecule has 0 saturated heterocycles. The highest BCUT2D eigenvalue weighted by Crippen LogP contribution is 2.24. The Labute approximate surface area is 130 Å². The van der Waals surface area contributed by atoms with Gasteiger partial charge in [0.25, 0.3) is 5.69 Å². The molecule has 0 atom stereocenters. The van der Waals surface area contributed by atoms with Crippen molar-refractivity contribution in [3.8, 4) is 0 Å². The number of hydrogen-bond donors (Lipinski definition) is 1. The Morgan fingerprint density at radius 3 is 2.70 bits per heavy atom. The van der Waals surface area contributed by atoms with Crippen LogP contribution in [-0.2, 0) is 6.54 Å². The lowest BCUT2D eigenvalue weighted by atomic mass is 10.1. The molecule has 0 aliphatic rings.